The van der Waals surface area contributed by atoms with Crippen molar-refractivity contribution in [3.63, 3.8) is 0 Å². The Balaban J connectivity index is 3.02. The van der Waals surface area contributed by atoms with E-state index in [1.54, 1.807) is 20.8 Å². The van der Waals surface area contributed by atoms with Crippen LogP contribution in [0.1, 0.15) is 45.6 Å². The third-order valence-electron chi connectivity index (χ3n) is 5.81. The zero-order valence-corrected chi connectivity index (χ0v) is 22.7. The normalized spacial score (nSPS) is 10.9. The summed E-state index contributed by atoms with van der Waals surface area (Å²) in [4.78, 5) is 35.4. The molecule has 1 rings (SSSR count). The molecule has 0 fully saturated rings. The summed E-state index contributed by atoms with van der Waals surface area (Å²) >= 11 is 0. The van der Waals surface area contributed by atoms with Crippen molar-refractivity contribution in [1.82, 2.24) is 0 Å². The summed E-state index contributed by atoms with van der Waals surface area (Å²) in [5, 5.41) is 1.30. The van der Waals surface area contributed by atoms with Gasteiger partial charge in [-0.3, -0.25) is 0 Å². The van der Waals surface area contributed by atoms with Gasteiger partial charge in [0.2, 0.25) is 0 Å². The highest BCUT2D eigenvalue weighted by atomic mass is 28.3. The highest BCUT2D eigenvalue weighted by molar-refractivity contribution is 6.91. The summed E-state index contributed by atoms with van der Waals surface area (Å²) in [6, 6.07) is 11.3. The second-order valence-electron chi connectivity index (χ2n) is 9.21. The Labute approximate surface area is 211 Å². The van der Waals surface area contributed by atoms with E-state index in [1.165, 1.54) is 10.8 Å². The summed E-state index contributed by atoms with van der Waals surface area (Å²) in [5.74, 6) is -1.15. The van der Waals surface area contributed by atoms with Crippen molar-refractivity contribution < 1.29 is 28.6 Å². The minimum atomic E-state index is -2.13. The third-order valence-corrected chi connectivity index (χ3v) is 11.3. The van der Waals surface area contributed by atoms with Crippen molar-refractivity contribution in [2.75, 3.05) is 19.8 Å². The van der Waals surface area contributed by atoms with Gasteiger partial charge in [-0.25, -0.2) is 14.4 Å². The van der Waals surface area contributed by atoms with Gasteiger partial charge in [-0.1, -0.05) is 54.8 Å². The molecule has 0 saturated heterocycles. The van der Waals surface area contributed by atoms with Crippen molar-refractivity contribution in [2.24, 2.45) is 0 Å². The van der Waals surface area contributed by atoms with Crippen LogP contribution in [0.25, 0.3) is 0 Å². The number of carbonyl (C=O) groups is 3. The van der Waals surface area contributed by atoms with Crippen LogP contribution in [0.4, 0.5) is 0 Å². The number of carbonyl (C=O) groups excluding carboxylic acids is 3. The number of aryl methyl sites for hydroxylation is 1. The van der Waals surface area contributed by atoms with E-state index in [4.69, 9.17) is 14.2 Å². The number of rotatable bonds is 16. The van der Waals surface area contributed by atoms with Gasteiger partial charge in [0.25, 0.3) is 0 Å². The van der Waals surface area contributed by atoms with Crippen molar-refractivity contribution in [2.45, 2.75) is 65.1 Å². The molecule has 0 saturated carbocycles. The maximum Gasteiger partial charge on any atom is 0.333 e. The maximum atomic E-state index is 11.8. The molecule has 6 nitrogen and oxygen atoms in total. The fourth-order valence-electron chi connectivity index (χ4n) is 3.81. The van der Waals surface area contributed by atoms with Gasteiger partial charge in [0.05, 0.1) is 27.9 Å². The van der Waals surface area contributed by atoms with Crippen LogP contribution in [0.15, 0.2) is 60.7 Å². The first-order valence-corrected chi connectivity index (χ1v) is 14.7. The Hall–Kier alpha value is -2.93. The molecular weight excluding hydrogens is 460 g/mol. The molecule has 0 amide bonds. The molecule has 192 valence electrons. The van der Waals surface area contributed by atoms with Crippen molar-refractivity contribution in [3.05, 3.63) is 66.3 Å². The SMILES string of the molecule is C=C(C)C(=O)OCCC[Si](CCCOC(=O)C(=C)C)(CCCOC(=O)C(=C)C)c1ccc(C)cc1. The Bertz CT molecular complexity index is 832. The van der Waals surface area contributed by atoms with Gasteiger partial charge in [0.1, 0.15) is 0 Å². The fourth-order valence-corrected chi connectivity index (χ4v) is 8.76. The van der Waals surface area contributed by atoms with E-state index < -0.39 is 8.07 Å². The quantitative estimate of drug-likeness (QED) is 0.102. The first-order valence-electron chi connectivity index (χ1n) is 12.0. The minimum Gasteiger partial charge on any atom is -0.462 e. The summed E-state index contributed by atoms with van der Waals surface area (Å²) in [6.45, 7) is 18.8. The highest BCUT2D eigenvalue weighted by Crippen LogP contribution is 2.27. The smallest absolute Gasteiger partial charge is 0.333 e. The highest BCUT2D eigenvalue weighted by Gasteiger charge is 2.34. The Morgan fingerprint density at radius 3 is 1.26 bits per heavy atom. The minimum absolute atomic E-state index is 0.321. The van der Waals surface area contributed by atoms with Gasteiger partial charge in [-0.2, -0.15) is 0 Å². The van der Waals surface area contributed by atoms with E-state index in [1.807, 2.05) is 0 Å². The van der Waals surface area contributed by atoms with Crippen molar-refractivity contribution in [1.29, 1.82) is 0 Å². The summed E-state index contributed by atoms with van der Waals surface area (Å²) in [5.41, 5.74) is 2.32. The van der Waals surface area contributed by atoms with Crippen LogP contribution in [0.2, 0.25) is 18.1 Å². The predicted octanol–water partition coefficient (Wildman–Crippen LogP) is 5.18. The number of hydrogen-bond donors (Lipinski definition) is 0. The van der Waals surface area contributed by atoms with Crippen LogP contribution in [0, 0.1) is 6.92 Å². The molecule has 0 aromatic heterocycles. The lowest BCUT2D eigenvalue weighted by atomic mass is 10.2. The number of ether oxygens (including phenoxy) is 3. The molecule has 0 heterocycles. The molecule has 0 aliphatic carbocycles. The largest absolute Gasteiger partial charge is 0.462 e. The van der Waals surface area contributed by atoms with Gasteiger partial charge < -0.3 is 14.2 Å². The van der Waals surface area contributed by atoms with Crippen LogP contribution in [-0.4, -0.2) is 45.8 Å². The lowest BCUT2D eigenvalue weighted by molar-refractivity contribution is -0.139. The second-order valence-corrected chi connectivity index (χ2v) is 13.8. The van der Waals surface area contributed by atoms with Crippen LogP contribution in [-0.2, 0) is 28.6 Å². The van der Waals surface area contributed by atoms with Crippen molar-refractivity contribution >= 4 is 31.2 Å². The van der Waals surface area contributed by atoms with Crippen LogP contribution in [0.5, 0.6) is 0 Å². The third kappa shape index (κ3) is 10.9. The summed E-state index contributed by atoms with van der Waals surface area (Å²) in [6.07, 6.45) is 2.16. The zero-order valence-electron chi connectivity index (χ0n) is 21.7. The maximum absolute atomic E-state index is 11.8. The lowest BCUT2D eigenvalue weighted by Crippen LogP contribution is -2.48. The van der Waals surface area contributed by atoms with Gasteiger partial charge in [-0.15, -0.1) is 0 Å². The van der Waals surface area contributed by atoms with E-state index in [0.29, 0.717) is 36.5 Å². The molecule has 35 heavy (non-hydrogen) atoms. The van der Waals surface area contributed by atoms with Gasteiger partial charge >= 0.3 is 17.9 Å². The Kier molecular flexibility index (Phi) is 13.0. The van der Waals surface area contributed by atoms with Crippen LogP contribution >= 0.6 is 0 Å². The first-order chi connectivity index (χ1) is 16.5. The Morgan fingerprint density at radius 2 is 0.971 bits per heavy atom. The number of hydrogen-bond acceptors (Lipinski definition) is 6. The molecule has 7 heteroatoms. The van der Waals surface area contributed by atoms with E-state index >= 15 is 0 Å². The average molecular weight is 501 g/mol. The summed E-state index contributed by atoms with van der Waals surface area (Å²) in [7, 11) is -2.13. The molecule has 1 aromatic carbocycles. The van der Waals surface area contributed by atoms with Gasteiger partial charge in [-0.05, 0) is 65.1 Å². The standard InChI is InChI=1S/C28H40O6Si/c1-21(2)26(29)32-15-8-18-35(25-13-11-24(7)12-14-25,19-9-16-33-27(30)22(3)4)20-10-17-34-28(31)23(5)6/h11-14H,1,3,5,8-10,15-20H2,2,4,6-7H3. The van der Waals surface area contributed by atoms with E-state index in [-0.39, 0.29) is 17.9 Å². The van der Waals surface area contributed by atoms with E-state index in [9.17, 15) is 14.4 Å². The second kappa shape index (κ2) is 15.1. The molecule has 1 aromatic rings. The molecule has 0 spiro atoms. The van der Waals surface area contributed by atoms with Gasteiger partial charge in [0.15, 0.2) is 0 Å². The van der Waals surface area contributed by atoms with Gasteiger partial charge in [0, 0.05) is 16.7 Å². The monoisotopic (exact) mass is 500 g/mol. The molecule has 0 N–H and O–H groups in total. The van der Waals surface area contributed by atoms with E-state index in [0.717, 1.165) is 37.4 Å². The molecular formula is C28H40O6Si. The fraction of sp³-hybridized carbons (Fsp3) is 0.464. The van der Waals surface area contributed by atoms with E-state index in [2.05, 4.69) is 50.9 Å². The predicted molar refractivity (Wildman–Crippen MR) is 142 cm³/mol. The Morgan fingerprint density at radius 1 is 0.657 bits per heavy atom. The topological polar surface area (TPSA) is 78.9 Å². The van der Waals surface area contributed by atoms with Crippen LogP contribution < -0.4 is 5.19 Å². The molecule has 0 radical (unpaired) electrons. The number of esters is 3. The zero-order chi connectivity index (χ0) is 26.4. The molecule has 0 aliphatic rings. The number of benzene rings is 1. The summed E-state index contributed by atoms with van der Waals surface area (Å²) < 4.78 is 16.0. The van der Waals surface area contributed by atoms with Crippen molar-refractivity contribution in [3.8, 4) is 0 Å². The molecule has 0 bridgehead atoms. The average Bonchev–Trinajstić information content (AvgIpc) is 2.81. The van der Waals surface area contributed by atoms with Crippen LogP contribution in [0.3, 0.4) is 0 Å². The lowest BCUT2D eigenvalue weighted by Gasteiger charge is -2.33. The molecule has 0 atom stereocenters. The first kappa shape index (κ1) is 30.1. The molecule has 0 unspecified atom stereocenters. The molecule has 0 aliphatic heterocycles.